The van der Waals surface area contributed by atoms with Gasteiger partial charge in [-0.15, -0.1) is 15.3 Å². The van der Waals surface area contributed by atoms with Gasteiger partial charge in [0.15, 0.2) is 0 Å². The smallest absolute Gasteiger partial charge is 0.321 e. The normalized spacial score (nSPS) is 11.1. The predicted molar refractivity (Wildman–Crippen MR) is 214 cm³/mol. The molecular weight excluding hydrogens is 821 g/mol. The summed E-state index contributed by atoms with van der Waals surface area (Å²) in [5.41, 5.74) is 1.12. The molecule has 5 aromatic rings. The zero-order valence-electron chi connectivity index (χ0n) is 31.4. The molecular formula is C32H40Cl3N11O7S2. The van der Waals surface area contributed by atoms with Gasteiger partial charge in [-0.05, 0) is 43.0 Å². The molecule has 4 N–H and O–H groups in total. The number of anilines is 2. The fourth-order valence-corrected chi connectivity index (χ4v) is 6.27. The number of methoxy groups -OCH3 is 3. The van der Waals surface area contributed by atoms with Crippen molar-refractivity contribution in [3.63, 3.8) is 0 Å². The van der Waals surface area contributed by atoms with Crippen molar-refractivity contribution in [3.05, 3.63) is 73.1 Å². The van der Waals surface area contributed by atoms with Gasteiger partial charge in [0.1, 0.15) is 11.4 Å². The minimum atomic E-state index is -4.18. The van der Waals surface area contributed by atoms with E-state index in [9.17, 15) is 18.0 Å². The first kappa shape index (κ1) is 44.6. The van der Waals surface area contributed by atoms with Gasteiger partial charge in [0.2, 0.25) is 16.9 Å². The average Bonchev–Trinajstić information content (AvgIpc) is 3.58. The summed E-state index contributed by atoms with van der Waals surface area (Å²) < 4.78 is 45.0. The number of aryl methyl sites for hydroxylation is 1. The van der Waals surface area contributed by atoms with Crippen molar-refractivity contribution in [3.8, 4) is 17.5 Å². The van der Waals surface area contributed by atoms with Gasteiger partial charge in [-0.3, -0.25) is 9.52 Å². The Labute approximate surface area is 336 Å². The van der Waals surface area contributed by atoms with E-state index in [4.69, 9.17) is 54.9 Å². The summed E-state index contributed by atoms with van der Waals surface area (Å²) in [7, 11) is 3.51. The molecule has 3 heterocycles. The number of nitrogen functional groups attached to an aromatic ring is 1. The third kappa shape index (κ3) is 11.2. The van der Waals surface area contributed by atoms with E-state index in [1.165, 1.54) is 43.0 Å². The van der Waals surface area contributed by atoms with E-state index in [0.717, 1.165) is 9.19 Å². The summed E-state index contributed by atoms with van der Waals surface area (Å²) in [6, 6.07) is 9.53. The van der Waals surface area contributed by atoms with Crippen LogP contribution in [0, 0.1) is 6.92 Å². The molecule has 55 heavy (non-hydrogen) atoms. The number of sulfonamides is 1. The average molecular weight is 861 g/mol. The van der Waals surface area contributed by atoms with E-state index in [1.807, 2.05) is 20.8 Å². The number of fused-ring (bicyclic) bond motifs is 1. The molecule has 0 aliphatic carbocycles. The molecule has 23 heteroatoms. The van der Waals surface area contributed by atoms with E-state index in [2.05, 4.69) is 35.3 Å². The Balaban J connectivity index is 0.000000240. The summed E-state index contributed by atoms with van der Waals surface area (Å²) >= 11 is 19.4. The minimum Gasteiger partial charge on any atom is -0.495 e. The lowest BCUT2D eigenvalue weighted by molar-refractivity contribution is 0.230. The first-order chi connectivity index (χ1) is 25.7. The topological polar surface area (TPSA) is 223 Å². The molecule has 0 radical (unpaired) electrons. The number of benzene rings is 2. The quantitative estimate of drug-likeness (QED) is 0.132. The number of thioether (sulfide) groups is 1. The van der Waals surface area contributed by atoms with Gasteiger partial charge in [0, 0.05) is 25.2 Å². The van der Waals surface area contributed by atoms with Crippen LogP contribution in [0.5, 0.6) is 17.5 Å². The first-order valence-corrected chi connectivity index (χ1v) is 19.5. The number of nitrogens with zero attached hydrogens (tertiary/aromatic N) is 8. The molecule has 18 nitrogen and oxygen atoms in total. The van der Waals surface area contributed by atoms with E-state index in [0.29, 0.717) is 32.9 Å². The van der Waals surface area contributed by atoms with E-state index >= 15 is 0 Å². The zero-order chi connectivity index (χ0) is 41.4. The molecule has 0 saturated heterocycles. The number of nitrogens with two attached hydrogens (primary N) is 1. The van der Waals surface area contributed by atoms with Crippen LogP contribution < -0.4 is 35.7 Å². The summed E-state index contributed by atoms with van der Waals surface area (Å²) in [6.07, 6.45) is 1.80. The number of urea groups is 1. The SMILES string of the molecule is COc1cc(OC)n2nc(S(=O)(=O)Nc3c(Cl)ccc(C)c3Cl)nc2n1.COc1ccc(NC(=O)N(C)C)cc1Cl.CSc1nnc(C(C)(C)C)c(=O)n1N. The van der Waals surface area contributed by atoms with Crippen LogP contribution in [0.25, 0.3) is 5.78 Å². The van der Waals surface area contributed by atoms with Crippen LogP contribution in [0.15, 0.2) is 51.5 Å². The highest BCUT2D eigenvalue weighted by Crippen LogP contribution is 2.34. The first-order valence-electron chi connectivity index (χ1n) is 15.6. The fourth-order valence-electron chi connectivity index (χ4n) is 4.07. The van der Waals surface area contributed by atoms with Crippen LogP contribution in [0.4, 0.5) is 16.2 Å². The molecule has 0 saturated carbocycles. The predicted octanol–water partition coefficient (Wildman–Crippen LogP) is 5.37. The molecule has 0 fully saturated rings. The fraction of sp³-hybridized carbons (Fsp3) is 0.344. The molecule has 2 aromatic carbocycles. The van der Waals surface area contributed by atoms with Crippen LogP contribution >= 0.6 is 46.6 Å². The molecule has 0 aliphatic heterocycles. The maximum Gasteiger partial charge on any atom is 0.321 e. The number of halogens is 3. The van der Waals surface area contributed by atoms with Crippen molar-refractivity contribution in [2.75, 3.05) is 57.6 Å². The van der Waals surface area contributed by atoms with Gasteiger partial charge in [0.25, 0.3) is 26.5 Å². The Morgan fingerprint density at radius 1 is 0.964 bits per heavy atom. The molecule has 2 amide bonds. The van der Waals surface area contributed by atoms with Crippen molar-refractivity contribution >= 4 is 79.8 Å². The molecule has 5 rings (SSSR count). The lowest BCUT2D eigenvalue weighted by Crippen LogP contribution is -2.37. The molecule has 0 spiro atoms. The molecule has 3 aromatic heterocycles. The summed E-state index contributed by atoms with van der Waals surface area (Å²) in [4.78, 5) is 32.4. The van der Waals surface area contributed by atoms with Crippen LogP contribution in [-0.4, -0.2) is 95.5 Å². The zero-order valence-corrected chi connectivity index (χ0v) is 35.3. The van der Waals surface area contributed by atoms with Gasteiger partial charge in [0.05, 0.1) is 48.2 Å². The maximum absolute atomic E-state index is 12.7. The minimum absolute atomic E-state index is 0.0111. The number of carbonyl (C=O) groups is 1. The van der Waals surface area contributed by atoms with Gasteiger partial charge >= 0.3 is 6.03 Å². The van der Waals surface area contributed by atoms with E-state index in [1.54, 1.807) is 58.7 Å². The Morgan fingerprint density at radius 2 is 1.64 bits per heavy atom. The number of nitrogens with one attached hydrogen (secondary N) is 2. The number of carbonyl (C=O) groups excluding carboxylic acids is 1. The van der Waals surface area contributed by atoms with Gasteiger partial charge in [-0.25, -0.2) is 4.79 Å². The Bertz CT molecular complexity index is 2340. The second-order valence-electron chi connectivity index (χ2n) is 12.2. The third-order valence-electron chi connectivity index (χ3n) is 6.98. The number of ether oxygens (including phenoxy) is 3. The second-order valence-corrected chi connectivity index (χ2v) is 15.8. The van der Waals surface area contributed by atoms with Gasteiger partial charge < -0.3 is 30.3 Å². The standard InChI is InChI=1S/C14H13Cl2N5O4S.C10H13ClN2O2.C8H14N4OS/c1-7-4-5-8(15)12(11(7)16)20-26(22,23)14-18-13-17-9(24-2)6-10(25-3)21(13)19-14;1-13(2)10(14)12-7-4-5-9(15-3)8(11)6-7;1-8(2,3)5-6(13)12(9)7(14-4)11-10-5/h4-6,20H,1-3H3;4-6H,1-3H3,(H,12,14);9H2,1-4H3. The third-order valence-corrected chi connectivity index (χ3v) is 9.85. The molecule has 0 bridgehead atoms. The molecule has 298 valence electrons. The number of hydrogen-bond donors (Lipinski definition) is 3. The highest BCUT2D eigenvalue weighted by atomic mass is 35.5. The van der Waals surface area contributed by atoms with Crippen LogP contribution in [-0.2, 0) is 15.4 Å². The molecule has 0 aliphatic rings. The van der Waals surface area contributed by atoms with Crippen LogP contribution in [0.2, 0.25) is 15.1 Å². The van der Waals surface area contributed by atoms with Gasteiger partial charge in [-0.2, -0.15) is 27.6 Å². The Kier molecular flexibility index (Phi) is 15.2. The number of aromatic nitrogens is 7. The highest BCUT2D eigenvalue weighted by Gasteiger charge is 2.26. The van der Waals surface area contributed by atoms with Crippen molar-refractivity contribution in [2.24, 2.45) is 0 Å². The lowest BCUT2D eigenvalue weighted by atomic mass is 9.93. The Hall–Kier alpha value is -4.76. The van der Waals surface area contributed by atoms with Crippen molar-refractivity contribution in [2.45, 2.75) is 43.4 Å². The largest absolute Gasteiger partial charge is 0.495 e. The molecule has 0 atom stereocenters. The lowest BCUT2D eigenvalue weighted by Gasteiger charge is -2.16. The van der Waals surface area contributed by atoms with Crippen LogP contribution in [0.3, 0.4) is 0 Å². The van der Waals surface area contributed by atoms with Gasteiger partial charge in [-0.1, -0.05) is 73.4 Å². The maximum atomic E-state index is 12.7. The van der Waals surface area contributed by atoms with E-state index < -0.39 is 15.2 Å². The summed E-state index contributed by atoms with van der Waals surface area (Å²) in [6.45, 7) is 7.42. The van der Waals surface area contributed by atoms with Crippen molar-refractivity contribution in [1.82, 2.24) is 39.4 Å². The second kappa shape index (κ2) is 18.7. The molecule has 0 unspecified atom stereocenters. The number of amides is 2. The Morgan fingerprint density at radius 3 is 2.18 bits per heavy atom. The van der Waals surface area contributed by atoms with E-state index in [-0.39, 0.29) is 50.3 Å². The highest BCUT2D eigenvalue weighted by molar-refractivity contribution is 7.98. The number of rotatable bonds is 8. The number of hydrogen-bond acceptors (Lipinski definition) is 14. The van der Waals surface area contributed by atoms with Crippen molar-refractivity contribution < 1.29 is 27.4 Å². The summed E-state index contributed by atoms with van der Waals surface area (Å²) in [5.74, 6) is 6.54. The summed E-state index contributed by atoms with van der Waals surface area (Å²) in [5, 5.41) is 15.1. The van der Waals surface area contributed by atoms with Crippen LogP contribution in [0.1, 0.15) is 32.0 Å². The monoisotopic (exact) mass is 859 g/mol. The van der Waals surface area contributed by atoms with Crippen molar-refractivity contribution in [1.29, 1.82) is 0 Å².